The van der Waals surface area contributed by atoms with Gasteiger partial charge in [-0.1, -0.05) is 48.6 Å². The van der Waals surface area contributed by atoms with Gasteiger partial charge in [-0.05, 0) is 24.3 Å². The number of nitrogen functional groups attached to an aromatic ring is 1. The monoisotopic (exact) mass is 322 g/mol. The molecule has 0 bridgehead atoms. The molecule has 0 radical (unpaired) electrons. The summed E-state index contributed by atoms with van der Waals surface area (Å²) < 4.78 is 1.21. The van der Waals surface area contributed by atoms with Crippen LogP contribution < -0.4 is 11.1 Å². The minimum absolute atomic E-state index is 0.211. The molecule has 1 aromatic heterocycles. The van der Waals surface area contributed by atoms with Gasteiger partial charge in [0.1, 0.15) is 4.99 Å². The van der Waals surface area contributed by atoms with Gasteiger partial charge in [0.05, 0.1) is 5.56 Å². The Morgan fingerprint density at radius 2 is 1.65 bits per heavy atom. The molecular formula is C17H14N4OS. The van der Waals surface area contributed by atoms with Gasteiger partial charge in [-0.25, -0.2) is 4.68 Å². The van der Waals surface area contributed by atoms with Crippen LogP contribution in [0.2, 0.25) is 0 Å². The first-order valence-corrected chi connectivity index (χ1v) is 7.37. The molecule has 3 aromatic rings. The summed E-state index contributed by atoms with van der Waals surface area (Å²) in [5, 5.41) is 7.14. The number of carbonyl (C=O) groups is 1. The van der Waals surface area contributed by atoms with E-state index >= 15 is 0 Å². The van der Waals surface area contributed by atoms with Crippen LogP contribution in [0.15, 0.2) is 66.9 Å². The quantitative estimate of drug-likeness (QED) is 0.725. The molecule has 114 valence electrons. The topological polar surface area (TPSA) is 72.9 Å². The summed E-state index contributed by atoms with van der Waals surface area (Å²) >= 11 is 5.35. The summed E-state index contributed by atoms with van der Waals surface area (Å²) in [5.74, 6) is -0.0474. The Labute approximate surface area is 138 Å². The van der Waals surface area contributed by atoms with Crippen molar-refractivity contribution in [2.75, 3.05) is 11.1 Å². The van der Waals surface area contributed by atoms with Gasteiger partial charge in [-0.3, -0.25) is 4.79 Å². The summed E-state index contributed by atoms with van der Waals surface area (Å²) in [4.78, 5) is 12.8. The number of thiocarbonyl (C=S) groups is 1. The van der Waals surface area contributed by atoms with E-state index in [9.17, 15) is 4.79 Å². The second kappa shape index (κ2) is 6.41. The first-order valence-electron chi connectivity index (χ1n) is 6.96. The predicted molar refractivity (Wildman–Crippen MR) is 94.6 cm³/mol. The molecule has 0 aliphatic rings. The van der Waals surface area contributed by atoms with Crippen LogP contribution in [0.25, 0.3) is 0 Å². The fourth-order valence-corrected chi connectivity index (χ4v) is 2.37. The van der Waals surface area contributed by atoms with E-state index in [0.29, 0.717) is 16.1 Å². The minimum atomic E-state index is -0.258. The number of hydrogen-bond donors (Lipinski definition) is 2. The van der Waals surface area contributed by atoms with Crippen molar-refractivity contribution in [3.05, 3.63) is 78.0 Å². The van der Waals surface area contributed by atoms with Crippen molar-refractivity contribution in [3.8, 4) is 0 Å². The zero-order chi connectivity index (χ0) is 16.2. The zero-order valence-corrected chi connectivity index (χ0v) is 13.0. The van der Waals surface area contributed by atoms with Crippen LogP contribution in [0.1, 0.15) is 15.9 Å². The molecule has 3 rings (SSSR count). The standard InChI is InChI=1S/C17H14N4OS/c18-15-14(16(23)19-13-9-5-2-6-10-13)11-21(20-15)17(22)12-7-3-1-4-8-12/h1-11H,(H2,18,20)(H,19,23). The summed E-state index contributed by atoms with van der Waals surface area (Å²) in [6.07, 6.45) is 1.54. The molecule has 0 aliphatic carbocycles. The normalized spacial score (nSPS) is 10.3. The van der Waals surface area contributed by atoms with Crippen LogP contribution >= 0.6 is 12.2 Å². The number of carbonyl (C=O) groups excluding carboxylic acids is 1. The van der Waals surface area contributed by atoms with Crippen LogP contribution in [-0.4, -0.2) is 20.7 Å². The number of hydrogen-bond acceptors (Lipinski definition) is 4. The van der Waals surface area contributed by atoms with Crippen LogP contribution in [0, 0.1) is 0 Å². The van der Waals surface area contributed by atoms with Crippen LogP contribution in [-0.2, 0) is 0 Å². The number of aromatic nitrogens is 2. The van der Waals surface area contributed by atoms with Gasteiger partial charge in [0, 0.05) is 17.4 Å². The number of rotatable bonds is 3. The van der Waals surface area contributed by atoms with Gasteiger partial charge in [0.25, 0.3) is 5.91 Å². The summed E-state index contributed by atoms with van der Waals surface area (Å²) in [6.45, 7) is 0. The summed E-state index contributed by atoms with van der Waals surface area (Å²) in [7, 11) is 0. The Kier molecular flexibility index (Phi) is 4.16. The molecule has 0 amide bonds. The maximum absolute atomic E-state index is 12.4. The number of nitrogens with one attached hydrogen (secondary N) is 1. The Balaban J connectivity index is 1.84. The third kappa shape index (κ3) is 3.27. The van der Waals surface area contributed by atoms with Crippen molar-refractivity contribution in [2.45, 2.75) is 0 Å². The molecule has 2 aromatic carbocycles. The Hall–Kier alpha value is -2.99. The van der Waals surface area contributed by atoms with E-state index in [1.165, 1.54) is 4.68 Å². The molecule has 3 N–H and O–H groups in total. The highest BCUT2D eigenvalue weighted by Crippen LogP contribution is 2.15. The summed E-state index contributed by atoms with van der Waals surface area (Å²) in [5.41, 5.74) is 7.80. The van der Waals surface area contributed by atoms with E-state index in [4.69, 9.17) is 18.0 Å². The number of para-hydroxylation sites is 1. The van der Waals surface area contributed by atoms with Gasteiger partial charge in [-0.2, -0.15) is 0 Å². The first kappa shape index (κ1) is 14.9. The molecule has 5 nitrogen and oxygen atoms in total. The molecule has 1 heterocycles. The van der Waals surface area contributed by atoms with Gasteiger partial charge in [0.2, 0.25) is 0 Å². The maximum atomic E-state index is 12.4. The predicted octanol–water partition coefficient (Wildman–Crippen LogP) is 2.94. The van der Waals surface area contributed by atoms with Crippen molar-refractivity contribution in [1.29, 1.82) is 0 Å². The summed E-state index contributed by atoms with van der Waals surface area (Å²) in [6, 6.07) is 18.4. The fraction of sp³-hybridized carbons (Fsp3) is 0. The lowest BCUT2D eigenvalue weighted by atomic mass is 10.2. The zero-order valence-electron chi connectivity index (χ0n) is 12.1. The second-order valence-corrected chi connectivity index (χ2v) is 5.27. The molecule has 0 fully saturated rings. The highest BCUT2D eigenvalue weighted by atomic mass is 32.1. The Bertz CT molecular complexity index is 844. The fourth-order valence-electron chi connectivity index (χ4n) is 2.10. The van der Waals surface area contributed by atoms with Crippen LogP contribution in [0.3, 0.4) is 0 Å². The first-order chi connectivity index (χ1) is 11.1. The SMILES string of the molecule is Nc1nn(C(=O)c2ccccc2)cc1C(=S)Nc1ccccc1. The van der Waals surface area contributed by atoms with E-state index < -0.39 is 0 Å². The van der Waals surface area contributed by atoms with Gasteiger partial charge < -0.3 is 11.1 Å². The van der Waals surface area contributed by atoms with Gasteiger partial charge in [-0.15, -0.1) is 5.10 Å². The molecule has 0 saturated carbocycles. The highest BCUT2D eigenvalue weighted by Gasteiger charge is 2.16. The number of nitrogens with zero attached hydrogens (tertiary/aromatic N) is 2. The Morgan fingerprint density at radius 1 is 1.04 bits per heavy atom. The molecule has 0 aliphatic heterocycles. The third-order valence-electron chi connectivity index (χ3n) is 3.25. The van der Waals surface area contributed by atoms with Gasteiger partial charge >= 0.3 is 0 Å². The van der Waals surface area contributed by atoms with E-state index in [0.717, 1.165) is 5.69 Å². The maximum Gasteiger partial charge on any atom is 0.278 e. The van der Waals surface area contributed by atoms with Crippen molar-refractivity contribution in [1.82, 2.24) is 9.78 Å². The third-order valence-corrected chi connectivity index (χ3v) is 3.57. The van der Waals surface area contributed by atoms with Crippen LogP contribution in [0.4, 0.5) is 11.5 Å². The molecule has 23 heavy (non-hydrogen) atoms. The van der Waals surface area contributed by atoms with Crippen LogP contribution in [0.5, 0.6) is 0 Å². The number of nitrogens with two attached hydrogens (primary N) is 1. The molecule has 0 saturated heterocycles. The second-order valence-electron chi connectivity index (χ2n) is 4.86. The molecule has 0 atom stereocenters. The molecule has 0 spiro atoms. The van der Waals surface area contributed by atoms with E-state index in [2.05, 4.69) is 10.4 Å². The van der Waals surface area contributed by atoms with Crippen molar-refractivity contribution >= 4 is 34.6 Å². The smallest absolute Gasteiger partial charge is 0.278 e. The molecule has 0 unspecified atom stereocenters. The van der Waals surface area contributed by atoms with Crippen molar-refractivity contribution in [3.63, 3.8) is 0 Å². The van der Waals surface area contributed by atoms with E-state index in [-0.39, 0.29) is 11.7 Å². The molecular weight excluding hydrogens is 308 g/mol. The van der Waals surface area contributed by atoms with E-state index in [1.807, 2.05) is 36.4 Å². The van der Waals surface area contributed by atoms with E-state index in [1.54, 1.807) is 30.5 Å². The lowest BCUT2D eigenvalue weighted by molar-refractivity contribution is 0.0945. The average Bonchev–Trinajstić information content (AvgIpc) is 2.98. The van der Waals surface area contributed by atoms with Crippen molar-refractivity contribution in [2.24, 2.45) is 0 Å². The Morgan fingerprint density at radius 3 is 2.30 bits per heavy atom. The average molecular weight is 322 g/mol. The minimum Gasteiger partial charge on any atom is -0.382 e. The lowest BCUT2D eigenvalue weighted by Crippen LogP contribution is -2.13. The largest absolute Gasteiger partial charge is 0.382 e. The lowest BCUT2D eigenvalue weighted by Gasteiger charge is -2.06. The van der Waals surface area contributed by atoms with Gasteiger partial charge in [0.15, 0.2) is 5.82 Å². The molecule has 6 heteroatoms. The number of anilines is 2. The highest BCUT2D eigenvalue weighted by molar-refractivity contribution is 7.81. The van der Waals surface area contributed by atoms with Crippen molar-refractivity contribution < 1.29 is 4.79 Å². The number of benzene rings is 2.